The Hall–Kier alpha value is -1.39. The molecule has 1 aromatic carbocycles. The zero-order valence-corrected chi connectivity index (χ0v) is 11.9. The van der Waals surface area contributed by atoms with Crippen molar-refractivity contribution >= 4 is 34.5 Å². The van der Waals surface area contributed by atoms with Gasteiger partial charge in [-0.25, -0.2) is 4.98 Å². The summed E-state index contributed by atoms with van der Waals surface area (Å²) in [6.07, 6.45) is 1.40. The first-order chi connectivity index (χ1) is 9.28. The van der Waals surface area contributed by atoms with E-state index in [9.17, 15) is 4.79 Å². The third-order valence-electron chi connectivity index (χ3n) is 3.22. The second kappa shape index (κ2) is 5.31. The molecule has 0 bridgehead atoms. The maximum atomic E-state index is 12.1. The number of carbonyl (C=O) groups excluding carboxylic acids is 1. The second-order valence-corrected chi connectivity index (χ2v) is 5.68. The first-order valence-electron chi connectivity index (χ1n) is 6.15. The van der Waals surface area contributed by atoms with Crippen LogP contribution in [-0.4, -0.2) is 10.9 Å². The molecule has 1 aromatic heterocycles. The van der Waals surface area contributed by atoms with E-state index >= 15 is 0 Å². The number of alkyl halides is 1. The van der Waals surface area contributed by atoms with Crippen molar-refractivity contribution in [2.75, 3.05) is 4.90 Å². The first kappa shape index (κ1) is 12.6. The zero-order chi connectivity index (χ0) is 13.2. The minimum atomic E-state index is 0.168. The highest BCUT2D eigenvalue weighted by Crippen LogP contribution is 2.29. The van der Waals surface area contributed by atoms with Crippen molar-refractivity contribution in [3.8, 4) is 0 Å². The Bertz CT molecular complexity index is 611. The minimum absolute atomic E-state index is 0.168. The van der Waals surface area contributed by atoms with Crippen molar-refractivity contribution in [2.24, 2.45) is 0 Å². The molecule has 0 N–H and O–H groups in total. The molecule has 3 nitrogen and oxygen atoms in total. The highest BCUT2D eigenvalue weighted by Gasteiger charge is 2.24. The van der Waals surface area contributed by atoms with Crippen LogP contribution in [0.4, 0.5) is 5.69 Å². The molecule has 1 amide bonds. The van der Waals surface area contributed by atoms with Crippen LogP contribution in [-0.2, 0) is 23.6 Å². The van der Waals surface area contributed by atoms with Crippen LogP contribution in [0.3, 0.4) is 0 Å². The fourth-order valence-corrected chi connectivity index (χ4v) is 3.30. The minimum Gasteiger partial charge on any atom is -0.305 e. The number of anilines is 1. The smallest absolute Gasteiger partial charge is 0.227 e. The largest absolute Gasteiger partial charge is 0.305 e. The lowest BCUT2D eigenvalue weighted by atomic mass is 10.0. The number of carbonyl (C=O) groups is 1. The Labute approximate surface area is 120 Å². The fraction of sp³-hybridized carbons (Fsp3) is 0.286. The number of amides is 1. The van der Waals surface area contributed by atoms with Gasteiger partial charge in [0.15, 0.2) is 0 Å². The van der Waals surface area contributed by atoms with E-state index in [4.69, 9.17) is 11.6 Å². The van der Waals surface area contributed by atoms with E-state index in [0.717, 1.165) is 22.8 Å². The van der Waals surface area contributed by atoms with Gasteiger partial charge in [-0.3, -0.25) is 4.79 Å². The van der Waals surface area contributed by atoms with E-state index in [1.807, 2.05) is 28.5 Å². The molecule has 0 spiro atoms. The van der Waals surface area contributed by atoms with Gasteiger partial charge in [0.2, 0.25) is 5.91 Å². The van der Waals surface area contributed by atoms with Crippen LogP contribution in [0.2, 0.25) is 0 Å². The Kier molecular flexibility index (Phi) is 3.53. The molecule has 3 rings (SSSR count). The Balaban J connectivity index is 1.89. The summed E-state index contributed by atoms with van der Waals surface area (Å²) < 4.78 is 0. The Morgan fingerprint density at radius 3 is 2.95 bits per heavy atom. The maximum absolute atomic E-state index is 12.1. The van der Waals surface area contributed by atoms with Gasteiger partial charge in [-0.1, -0.05) is 18.2 Å². The summed E-state index contributed by atoms with van der Waals surface area (Å²) in [5.41, 5.74) is 3.12. The molecule has 1 aliphatic rings. The van der Waals surface area contributed by atoms with Gasteiger partial charge < -0.3 is 4.90 Å². The lowest BCUT2D eigenvalue weighted by Gasteiger charge is -2.28. The molecule has 19 heavy (non-hydrogen) atoms. The van der Waals surface area contributed by atoms with E-state index in [0.29, 0.717) is 18.8 Å². The quantitative estimate of drug-likeness (QED) is 0.813. The SMILES string of the molecule is O=C1CCc2ccccc2N1Cc1nc(CCl)cs1. The van der Waals surface area contributed by atoms with Crippen molar-refractivity contribution in [1.29, 1.82) is 0 Å². The zero-order valence-electron chi connectivity index (χ0n) is 10.3. The number of hydrogen-bond acceptors (Lipinski definition) is 3. The van der Waals surface area contributed by atoms with Crippen molar-refractivity contribution in [3.63, 3.8) is 0 Å². The summed E-state index contributed by atoms with van der Waals surface area (Å²) in [5, 5.41) is 2.88. The summed E-state index contributed by atoms with van der Waals surface area (Å²) in [5.74, 6) is 0.586. The number of aryl methyl sites for hydroxylation is 1. The third-order valence-corrected chi connectivity index (χ3v) is 4.38. The molecule has 5 heteroatoms. The van der Waals surface area contributed by atoms with Crippen LogP contribution in [0.5, 0.6) is 0 Å². The molecule has 2 heterocycles. The molecule has 1 aliphatic heterocycles. The summed E-state index contributed by atoms with van der Waals surface area (Å²) in [6, 6.07) is 8.07. The summed E-state index contributed by atoms with van der Waals surface area (Å²) in [6.45, 7) is 0.539. The predicted octanol–water partition coefficient (Wildman–Crippen LogP) is 3.36. The standard InChI is InChI=1S/C14H13ClN2OS/c15-7-11-9-19-13(16-11)8-17-12-4-2-1-3-10(12)5-6-14(17)18/h1-4,9H,5-8H2. The monoisotopic (exact) mass is 292 g/mol. The predicted molar refractivity (Wildman–Crippen MR) is 77.6 cm³/mol. The normalized spacial score (nSPS) is 14.6. The summed E-state index contributed by atoms with van der Waals surface area (Å²) >= 11 is 7.31. The molecule has 2 aromatic rings. The van der Waals surface area contributed by atoms with Crippen molar-refractivity contribution in [2.45, 2.75) is 25.3 Å². The highest BCUT2D eigenvalue weighted by molar-refractivity contribution is 7.09. The van der Waals surface area contributed by atoms with Crippen LogP contribution in [0, 0.1) is 0 Å². The second-order valence-electron chi connectivity index (χ2n) is 4.47. The van der Waals surface area contributed by atoms with Gasteiger partial charge in [-0.2, -0.15) is 0 Å². The van der Waals surface area contributed by atoms with Gasteiger partial charge in [-0.05, 0) is 18.1 Å². The molecule has 0 aliphatic carbocycles. The molecule has 0 radical (unpaired) electrons. The van der Waals surface area contributed by atoms with Crippen LogP contribution in [0.25, 0.3) is 0 Å². The number of nitrogens with zero attached hydrogens (tertiary/aromatic N) is 2. The van der Waals surface area contributed by atoms with E-state index < -0.39 is 0 Å². The Morgan fingerprint density at radius 2 is 2.16 bits per heavy atom. The van der Waals surface area contributed by atoms with E-state index in [1.54, 1.807) is 11.3 Å². The van der Waals surface area contributed by atoms with Crippen LogP contribution >= 0.6 is 22.9 Å². The summed E-state index contributed by atoms with van der Waals surface area (Å²) in [7, 11) is 0. The highest BCUT2D eigenvalue weighted by atomic mass is 35.5. The van der Waals surface area contributed by atoms with E-state index in [-0.39, 0.29) is 5.91 Å². The molecular formula is C14H13ClN2OS. The third kappa shape index (κ3) is 2.51. The first-order valence-corrected chi connectivity index (χ1v) is 7.57. The molecular weight excluding hydrogens is 280 g/mol. The fourth-order valence-electron chi connectivity index (χ4n) is 2.29. The van der Waals surface area contributed by atoms with Crippen LogP contribution in [0.15, 0.2) is 29.6 Å². The van der Waals surface area contributed by atoms with E-state index in [2.05, 4.69) is 11.1 Å². The van der Waals surface area contributed by atoms with Crippen molar-refractivity contribution in [3.05, 3.63) is 45.9 Å². The molecule has 0 atom stereocenters. The summed E-state index contributed by atoms with van der Waals surface area (Å²) in [4.78, 5) is 18.4. The van der Waals surface area contributed by atoms with Gasteiger partial charge in [0.25, 0.3) is 0 Å². The average Bonchev–Trinajstić information content (AvgIpc) is 2.90. The van der Waals surface area contributed by atoms with Crippen molar-refractivity contribution in [1.82, 2.24) is 4.98 Å². The molecule has 0 saturated carbocycles. The van der Waals surface area contributed by atoms with E-state index in [1.165, 1.54) is 5.56 Å². The number of thiazole rings is 1. The molecule has 98 valence electrons. The number of aromatic nitrogens is 1. The Morgan fingerprint density at radius 1 is 1.32 bits per heavy atom. The number of hydrogen-bond donors (Lipinski definition) is 0. The lowest BCUT2D eigenvalue weighted by Crippen LogP contribution is -2.34. The van der Waals surface area contributed by atoms with Crippen LogP contribution < -0.4 is 4.90 Å². The number of benzene rings is 1. The molecule has 0 unspecified atom stereocenters. The van der Waals surface area contributed by atoms with Crippen LogP contribution in [0.1, 0.15) is 22.7 Å². The number of fused-ring (bicyclic) bond motifs is 1. The maximum Gasteiger partial charge on any atom is 0.227 e. The van der Waals surface area contributed by atoms with Crippen molar-refractivity contribution < 1.29 is 4.79 Å². The molecule has 0 fully saturated rings. The van der Waals surface area contributed by atoms with Gasteiger partial charge in [-0.15, -0.1) is 22.9 Å². The molecule has 0 saturated heterocycles. The number of halogens is 1. The van der Waals surface area contributed by atoms with Gasteiger partial charge in [0.05, 0.1) is 18.1 Å². The van der Waals surface area contributed by atoms with Gasteiger partial charge in [0, 0.05) is 17.5 Å². The number of para-hydroxylation sites is 1. The van der Waals surface area contributed by atoms with Gasteiger partial charge >= 0.3 is 0 Å². The average molecular weight is 293 g/mol. The van der Waals surface area contributed by atoms with Gasteiger partial charge in [0.1, 0.15) is 5.01 Å². The topological polar surface area (TPSA) is 33.2 Å². The lowest BCUT2D eigenvalue weighted by molar-refractivity contribution is -0.119. The number of rotatable bonds is 3.